The third-order valence-electron chi connectivity index (χ3n) is 3.29. The Morgan fingerprint density at radius 2 is 1.23 bits per heavy atom. The van der Waals surface area contributed by atoms with E-state index in [1.807, 2.05) is 0 Å². The van der Waals surface area contributed by atoms with Crippen LogP contribution in [0.4, 0.5) is 30.7 Å². The van der Waals surface area contributed by atoms with E-state index in [1.54, 1.807) is 0 Å². The first-order valence-electron chi connectivity index (χ1n) is 5.80. The molecule has 4 nitrogen and oxygen atoms in total. The Morgan fingerprint density at radius 1 is 0.864 bits per heavy atom. The van der Waals surface area contributed by atoms with Crippen molar-refractivity contribution in [3.05, 3.63) is 0 Å². The maximum atomic E-state index is 13.4. The third-order valence-corrected chi connectivity index (χ3v) is 8.87. The second kappa shape index (κ2) is 5.80. The summed E-state index contributed by atoms with van der Waals surface area (Å²) in [4.78, 5) is 0. The zero-order valence-corrected chi connectivity index (χ0v) is 12.4. The lowest BCUT2D eigenvalue weighted by Gasteiger charge is -2.23. The van der Waals surface area contributed by atoms with E-state index >= 15 is 0 Å². The molecule has 0 aliphatic heterocycles. The van der Waals surface area contributed by atoms with Gasteiger partial charge in [-0.25, -0.2) is 34.4 Å². The van der Waals surface area contributed by atoms with Crippen molar-refractivity contribution in [3.8, 4) is 0 Å². The van der Waals surface area contributed by atoms with Crippen LogP contribution >= 0.6 is 0 Å². The summed E-state index contributed by atoms with van der Waals surface area (Å²) in [5, 5.41) is -3.15. The Morgan fingerprint density at radius 3 is 1.50 bits per heavy atom. The molecule has 5 unspecified atom stereocenters. The van der Waals surface area contributed by atoms with Crippen molar-refractivity contribution in [2.24, 2.45) is 0 Å². The number of halogens is 7. The van der Waals surface area contributed by atoms with E-state index in [9.17, 15) is 47.6 Å². The first kappa shape index (κ1) is 19.5. The number of alkyl halides is 7. The van der Waals surface area contributed by atoms with Gasteiger partial charge in [-0.3, -0.25) is 0 Å². The molecule has 0 amide bonds. The molecule has 5 atom stereocenters. The second-order valence-corrected chi connectivity index (χ2v) is 9.37. The van der Waals surface area contributed by atoms with Crippen LogP contribution in [0.15, 0.2) is 0 Å². The molecule has 0 aromatic carbocycles. The van der Waals surface area contributed by atoms with Gasteiger partial charge in [-0.05, 0) is 6.42 Å². The Bertz CT molecular complexity index is 600. The molecule has 132 valence electrons. The van der Waals surface area contributed by atoms with Gasteiger partial charge in [0.05, 0.1) is 0 Å². The monoisotopic (exact) mass is 380 g/mol. The molecule has 1 aliphatic carbocycles. The van der Waals surface area contributed by atoms with Crippen LogP contribution in [-0.2, 0) is 19.7 Å². The summed E-state index contributed by atoms with van der Waals surface area (Å²) >= 11 is 0. The highest BCUT2D eigenvalue weighted by atomic mass is 32.3. The summed E-state index contributed by atoms with van der Waals surface area (Å²) in [5.41, 5.74) is -6.00. The zero-order valence-electron chi connectivity index (χ0n) is 10.8. The standard InChI is InChI=1S/C9H11F7O4S2/c1-2-3(22(19,20)9(14,15)16)21(17,18)8-6(12)4(10)5(11)7(8)13/h3-8H,2H2,1H3. The Hall–Kier alpha value is -0.590. The van der Waals surface area contributed by atoms with Gasteiger partial charge in [0, 0.05) is 0 Å². The molecular formula is C9H11F7O4S2. The highest BCUT2D eigenvalue weighted by Crippen LogP contribution is 2.40. The van der Waals surface area contributed by atoms with Crippen LogP contribution in [0.3, 0.4) is 0 Å². The van der Waals surface area contributed by atoms with Crippen LogP contribution in [0.2, 0.25) is 0 Å². The SMILES string of the molecule is CCC(S(=O)(=O)C1C(F)C(F)C(F)C1F)S(=O)(=O)C(F)(F)F. The first-order valence-corrected chi connectivity index (χ1v) is 8.96. The summed E-state index contributed by atoms with van der Waals surface area (Å²) in [5.74, 6) is 0. The van der Waals surface area contributed by atoms with Crippen LogP contribution < -0.4 is 0 Å². The van der Waals surface area contributed by atoms with Crippen LogP contribution in [0.1, 0.15) is 13.3 Å². The van der Waals surface area contributed by atoms with Gasteiger partial charge in [0.25, 0.3) is 9.84 Å². The first-order chi connectivity index (χ1) is 9.71. The van der Waals surface area contributed by atoms with Crippen LogP contribution in [-0.4, -0.2) is 56.9 Å². The maximum Gasteiger partial charge on any atom is 0.498 e. The predicted molar refractivity (Wildman–Crippen MR) is 61.3 cm³/mol. The van der Waals surface area contributed by atoms with Crippen molar-refractivity contribution in [3.63, 3.8) is 0 Å². The predicted octanol–water partition coefficient (Wildman–Crippen LogP) is 1.81. The van der Waals surface area contributed by atoms with E-state index in [1.165, 1.54) is 0 Å². The largest absolute Gasteiger partial charge is 0.498 e. The van der Waals surface area contributed by atoms with E-state index in [-0.39, 0.29) is 0 Å². The molecule has 13 heteroatoms. The van der Waals surface area contributed by atoms with E-state index in [0.717, 1.165) is 6.92 Å². The molecule has 1 saturated carbocycles. The van der Waals surface area contributed by atoms with Crippen molar-refractivity contribution < 1.29 is 47.6 Å². The summed E-state index contributed by atoms with van der Waals surface area (Å²) in [7, 11) is -12.0. The van der Waals surface area contributed by atoms with Gasteiger partial charge < -0.3 is 0 Å². The minimum atomic E-state index is -6.33. The fourth-order valence-electron chi connectivity index (χ4n) is 2.20. The molecule has 0 radical (unpaired) electrons. The molecule has 0 heterocycles. The van der Waals surface area contributed by atoms with Crippen molar-refractivity contribution in [2.45, 2.75) is 53.4 Å². The van der Waals surface area contributed by atoms with Gasteiger partial charge >= 0.3 is 5.51 Å². The summed E-state index contributed by atoms with van der Waals surface area (Å²) < 4.78 is 133. The van der Waals surface area contributed by atoms with Crippen molar-refractivity contribution in [1.29, 1.82) is 0 Å². The van der Waals surface area contributed by atoms with Gasteiger partial charge in [0.2, 0.25) is 0 Å². The lowest BCUT2D eigenvalue weighted by Crippen LogP contribution is -2.47. The van der Waals surface area contributed by atoms with E-state index in [0.29, 0.717) is 0 Å². The molecule has 0 saturated heterocycles. The normalized spacial score (nSPS) is 35.5. The Balaban J connectivity index is 3.40. The summed E-state index contributed by atoms with van der Waals surface area (Å²) in [6.07, 6.45) is -14.2. The van der Waals surface area contributed by atoms with Gasteiger partial charge in [0.1, 0.15) is 5.25 Å². The molecule has 1 rings (SSSR count). The average molecular weight is 380 g/mol. The topological polar surface area (TPSA) is 68.3 Å². The number of hydrogen-bond acceptors (Lipinski definition) is 4. The van der Waals surface area contributed by atoms with Crippen molar-refractivity contribution in [2.75, 3.05) is 0 Å². The van der Waals surface area contributed by atoms with Gasteiger partial charge in [-0.1, -0.05) is 6.92 Å². The van der Waals surface area contributed by atoms with E-state index < -0.39 is 66.1 Å². The Labute approximate surface area is 121 Å². The molecule has 0 spiro atoms. The zero-order chi connectivity index (χ0) is 17.7. The average Bonchev–Trinajstić information content (AvgIpc) is 2.52. The molecule has 0 N–H and O–H groups in total. The van der Waals surface area contributed by atoms with Gasteiger partial charge in [0.15, 0.2) is 39.1 Å². The highest BCUT2D eigenvalue weighted by Gasteiger charge is 2.64. The molecule has 0 bridgehead atoms. The third kappa shape index (κ3) is 2.81. The minimum Gasteiger partial charge on any atom is -0.243 e. The lowest BCUT2D eigenvalue weighted by atomic mass is 10.3. The second-order valence-electron chi connectivity index (χ2n) is 4.66. The van der Waals surface area contributed by atoms with E-state index in [4.69, 9.17) is 0 Å². The van der Waals surface area contributed by atoms with Crippen LogP contribution in [0.5, 0.6) is 0 Å². The quantitative estimate of drug-likeness (QED) is 0.698. The fourth-order valence-corrected chi connectivity index (χ4v) is 6.91. The van der Waals surface area contributed by atoms with E-state index in [2.05, 4.69) is 0 Å². The molecule has 1 aliphatic rings. The van der Waals surface area contributed by atoms with Gasteiger partial charge in [-0.2, -0.15) is 13.2 Å². The maximum absolute atomic E-state index is 13.4. The van der Waals surface area contributed by atoms with Crippen LogP contribution in [0, 0.1) is 0 Å². The van der Waals surface area contributed by atoms with Crippen LogP contribution in [0.25, 0.3) is 0 Å². The van der Waals surface area contributed by atoms with Gasteiger partial charge in [-0.15, -0.1) is 0 Å². The lowest BCUT2D eigenvalue weighted by molar-refractivity contribution is -0.0439. The number of sulfone groups is 2. The summed E-state index contributed by atoms with van der Waals surface area (Å²) in [6, 6.07) is 0. The highest BCUT2D eigenvalue weighted by molar-refractivity contribution is 8.09. The molecule has 22 heavy (non-hydrogen) atoms. The fraction of sp³-hybridized carbons (Fsp3) is 1.00. The molecule has 0 aromatic heterocycles. The molecule has 1 fully saturated rings. The number of rotatable bonds is 4. The van der Waals surface area contributed by atoms with Crippen molar-refractivity contribution >= 4 is 19.7 Å². The van der Waals surface area contributed by atoms with Crippen molar-refractivity contribution in [1.82, 2.24) is 0 Å². The number of hydrogen-bond donors (Lipinski definition) is 0. The molecular weight excluding hydrogens is 369 g/mol. The summed E-state index contributed by atoms with van der Waals surface area (Å²) in [6.45, 7) is 0.723. The molecule has 0 aromatic rings. The minimum absolute atomic E-state index is 0.723. The smallest absolute Gasteiger partial charge is 0.243 e. The Kier molecular flexibility index (Phi) is 5.13.